The Bertz CT molecular complexity index is 688. The van der Waals surface area contributed by atoms with Crippen LogP contribution in [0.25, 0.3) is 10.1 Å². The van der Waals surface area contributed by atoms with Crippen LogP contribution >= 0.6 is 11.3 Å². The average Bonchev–Trinajstić information content (AvgIpc) is 3.12. The van der Waals surface area contributed by atoms with Gasteiger partial charge in [-0.1, -0.05) is 18.2 Å². The fraction of sp³-hybridized carbons (Fsp3) is 0.333. The summed E-state index contributed by atoms with van der Waals surface area (Å²) in [7, 11) is 0. The summed E-state index contributed by atoms with van der Waals surface area (Å²) >= 11 is 1.24. The van der Waals surface area contributed by atoms with Gasteiger partial charge in [-0.2, -0.15) is 0 Å². The molecule has 6 heteroatoms. The van der Waals surface area contributed by atoms with Crippen molar-refractivity contribution in [1.29, 1.82) is 0 Å². The number of nitrogens with one attached hydrogen (secondary N) is 1. The van der Waals surface area contributed by atoms with E-state index in [1.807, 2.05) is 24.3 Å². The summed E-state index contributed by atoms with van der Waals surface area (Å²) in [6.07, 6.45) is 0.724. The van der Waals surface area contributed by atoms with Gasteiger partial charge in [0.25, 0.3) is 0 Å². The summed E-state index contributed by atoms with van der Waals surface area (Å²) in [6, 6.07) is 7.53. The van der Waals surface area contributed by atoms with Crippen molar-refractivity contribution in [2.75, 3.05) is 13.2 Å². The zero-order valence-corrected chi connectivity index (χ0v) is 12.1. The van der Waals surface area contributed by atoms with E-state index in [0.29, 0.717) is 23.7 Å². The number of hydrogen-bond acceptors (Lipinski definition) is 4. The van der Waals surface area contributed by atoms with Crippen molar-refractivity contribution in [3.63, 3.8) is 0 Å². The van der Waals surface area contributed by atoms with E-state index in [4.69, 9.17) is 4.74 Å². The molecule has 21 heavy (non-hydrogen) atoms. The lowest BCUT2D eigenvalue weighted by molar-refractivity contribution is -0.125. The first-order valence-electron chi connectivity index (χ1n) is 6.76. The summed E-state index contributed by atoms with van der Waals surface area (Å²) in [5.74, 6) is -1.15. The summed E-state index contributed by atoms with van der Waals surface area (Å²) in [5.41, 5.74) is 0.676. The molecule has 3 rings (SSSR count). The predicted molar refractivity (Wildman–Crippen MR) is 79.6 cm³/mol. The molecule has 0 spiro atoms. The first-order valence-corrected chi connectivity index (χ1v) is 7.57. The van der Waals surface area contributed by atoms with Gasteiger partial charge in [-0.3, -0.25) is 4.79 Å². The lowest BCUT2D eigenvalue weighted by Gasteiger charge is -2.09. The second-order valence-corrected chi connectivity index (χ2v) is 6.04. The number of ether oxygens (including phenoxy) is 1. The highest BCUT2D eigenvalue weighted by molar-refractivity contribution is 7.21. The van der Waals surface area contributed by atoms with Crippen LogP contribution in [0.5, 0.6) is 0 Å². The van der Waals surface area contributed by atoms with Crippen LogP contribution in [0.3, 0.4) is 0 Å². The minimum Gasteiger partial charge on any atom is -0.477 e. The molecule has 1 fully saturated rings. The number of carbonyl (C=O) groups is 2. The lowest BCUT2D eigenvalue weighted by Crippen LogP contribution is -2.30. The van der Waals surface area contributed by atoms with Crippen LogP contribution < -0.4 is 5.32 Å². The number of carboxylic acids is 1. The first kappa shape index (κ1) is 14.0. The van der Waals surface area contributed by atoms with Crippen LogP contribution in [0.2, 0.25) is 0 Å². The zero-order valence-electron chi connectivity index (χ0n) is 11.3. The van der Waals surface area contributed by atoms with Gasteiger partial charge in [-0.05, 0) is 17.9 Å². The second kappa shape index (κ2) is 5.83. The van der Waals surface area contributed by atoms with Gasteiger partial charge < -0.3 is 15.2 Å². The van der Waals surface area contributed by atoms with Crippen molar-refractivity contribution in [1.82, 2.24) is 5.32 Å². The van der Waals surface area contributed by atoms with Gasteiger partial charge in [0.05, 0.1) is 12.5 Å². The summed E-state index contributed by atoms with van der Waals surface area (Å²) in [6.45, 7) is 1.29. The average molecular weight is 305 g/mol. The molecule has 5 nitrogen and oxygen atoms in total. The van der Waals surface area contributed by atoms with Crippen molar-refractivity contribution in [2.45, 2.75) is 13.0 Å². The Morgan fingerprint density at radius 1 is 1.38 bits per heavy atom. The third-order valence-electron chi connectivity index (χ3n) is 3.63. The molecule has 1 saturated heterocycles. The van der Waals surface area contributed by atoms with E-state index in [1.54, 1.807) is 0 Å². The minimum atomic E-state index is -0.954. The number of hydrogen-bond donors (Lipinski definition) is 2. The Labute approximate surface area is 125 Å². The maximum atomic E-state index is 12.0. The molecule has 1 aliphatic rings. The predicted octanol–water partition coefficient (Wildman–Crippen LogP) is 2.25. The largest absolute Gasteiger partial charge is 0.477 e. The molecule has 0 aliphatic carbocycles. The highest BCUT2D eigenvalue weighted by atomic mass is 32.1. The SMILES string of the molecule is O=C(O)c1sc2ccccc2c1CNC(=O)C1CCOC1. The fourth-order valence-electron chi connectivity index (χ4n) is 2.51. The highest BCUT2D eigenvalue weighted by Crippen LogP contribution is 2.31. The molecule has 1 atom stereocenters. The highest BCUT2D eigenvalue weighted by Gasteiger charge is 2.24. The Morgan fingerprint density at radius 2 is 2.19 bits per heavy atom. The normalized spacial score (nSPS) is 18.0. The number of thiophene rings is 1. The Morgan fingerprint density at radius 3 is 2.90 bits per heavy atom. The number of rotatable bonds is 4. The molecule has 0 radical (unpaired) electrons. The minimum absolute atomic E-state index is 0.0703. The van der Waals surface area contributed by atoms with Gasteiger partial charge in [0.15, 0.2) is 0 Å². The molecule has 1 unspecified atom stereocenters. The Kier molecular flexibility index (Phi) is 3.90. The molecular weight excluding hydrogens is 290 g/mol. The summed E-state index contributed by atoms with van der Waals surface area (Å²) in [5, 5.41) is 13.1. The Balaban J connectivity index is 1.83. The number of fused-ring (bicyclic) bond motifs is 1. The molecule has 1 aromatic carbocycles. The Hall–Kier alpha value is -1.92. The van der Waals surface area contributed by atoms with Crippen molar-refractivity contribution in [3.8, 4) is 0 Å². The molecule has 2 heterocycles. The molecule has 0 bridgehead atoms. The second-order valence-electron chi connectivity index (χ2n) is 4.99. The summed E-state index contributed by atoms with van der Waals surface area (Å²) in [4.78, 5) is 23.7. The number of benzene rings is 1. The number of amides is 1. The van der Waals surface area contributed by atoms with E-state index in [0.717, 1.165) is 16.5 Å². The van der Waals surface area contributed by atoms with E-state index in [-0.39, 0.29) is 18.4 Å². The molecule has 110 valence electrons. The molecule has 2 aromatic rings. The quantitative estimate of drug-likeness (QED) is 0.908. The smallest absolute Gasteiger partial charge is 0.346 e. The van der Waals surface area contributed by atoms with E-state index in [1.165, 1.54) is 11.3 Å². The van der Waals surface area contributed by atoms with Gasteiger partial charge in [0.1, 0.15) is 4.88 Å². The summed E-state index contributed by atoms with van der Waals surface area (Å²) < 4.78 is 6.11. The zero-order chi connectivity index (χ0) is 14.8. The van der Waals surface area contributed by atoms with Crippen LogP contribution in [0.1, 0.15) is 21.7 Å². The number of carbonyl (C=O) groups excluding carboxylic acids is 1. The maximum Gasteiger partial charge on any atom is 0.346 e. The van der Waals surface area contributed by atoms with E-state index >= 15 is 0 Å². The number of carboxylic acid groups (broad SMARTS) is 1. The van der Waals surface area contributed by atoms with Gasteiger partial charge in [-0.25, -0.2) is 4.79 Å². The molecule has 0 saturated carbocycles. The van der Waals surface area contributed by atoms with Crippen molar-refractivity contribution in [3.05, 3.63) is 34.7 Å². The standard InChI is InChI=1S/C15H15NO4S/c17-14(9-5-6-20-8-9)16-7-11-10-3-1-2-4-12(10)21-13(11)15(18)19/h1-4,9H,5-8H2,(H,16,17)(H,18,19). The maximum absolute atomic E-state index is 12.0. The molecule has 2 N–H and O–H groups in total. The van der Waals surface area contributed by atoms with Crippen LogP contribution in [0.15, 0.2) is 24.3 Å². The fourth-order valence-corrected chi connectivity index (χ4v) is 3.57. The van der Waals surface area contributed by atoms with Gasteiger partial charge in [0.2, 0.25) is 5.91 Å². The first-order chi connectivity index (χ1) is 10.2. The van der Waals surface area contributed by atoms with Crippen LogP contribution in [-0.2, 0) is 16.1 Å². The number of aromatic carboxylic acids is 1. The topological polar surface area (TPSA) is 75.6 Å². The van der Waals surface area contributed by atoms with Crippen LogP contribution in [0, 0.1) is 5.92 Å². The van der Waals surface area contributed by atoms with Gasteiger partial charge >= 0.3 is 5.97 Å². The van der Waals surface area contributed by atoms with Crippen molar-refractivity contribution >= 4 is 33.3 Å². The third kappa shape index (κ3) is 2.77. The van der Waals surface area contributed by atoms with Crippen molar-refractivity contribution < 1.29 is 19.4 Å². The van der Waals surface area contributed by atoms with Gasteiger partial charge in [0, 0.05) is 23.4 Å². The molecule has 1 amide bonds. The van der Waals surface area contributed by atoms with E-state index in [9.17, 15) is 14.7 Å². The van der Waals surface area contributed by atoms with Crippen LogP contribution in [-0.4, -0.2) is 30.2 Å². The molecule has 1 aliphatic heterocycles. The van der Waals surface area contributed by atoms with Crippen molar-refractivity contribution in [2.24, 2.45) is 5.92 Å². The lowest BCUT2D eigenvalue weighted by atomic mass is 10.1. The molecular formula is C15H15NO4S. The monoisotopic (exact) mass is 305 g/mol. The third-order valence-corrected chi connectivity index (χ3v) is 4.83. The van der Waals surface area contributed by atoms with Gasteiger partial charge in [-0.15, -0.1) is 11.3 Å². The van der Waals surface area contributed by atoms with E-state index < -0.39 is 5.97 Å². The molecule has 1 aromatic heterocycles. The van der Waals surface area contributed by atoms with E-state index in [2.05, 4.69) is 5.32 Å². The van der Waals surface area contributed by atoms with Crippen LogP contribution in [0.4, 0.5) is 0 Å².